The molecule has 1 aliphatic rings. The molecule has 1 heterocycles. The number of nitrogens with one attached hydrogen (secondary N) is 1. The molecular formula is C18H19NO4S. The second-order valence-electron chi connectivity index (χ2n) is 5.92. The highest BCUT2D eigenvalue weighted by Crippen LogP contribution is 2.21. The van der Waals surface area contributed by atoms with E-state index in [1.165, 1.54) is 0 Å². The van der Waals surface area contributed by atoms with Crippen molar-refractivity contribution in [3.05, 3.63) is 60.2 Å². The zero-order valence-electron chi connectivity index (χ0n) is 13.1. The Hall–Kier alpha value is -2.34. The van der Waals surface area contributed by atoms with E-state index >= 15 is 0 Å². The molecule has 1 saturated heterocycles. The van der Waals surface area contributed by atoms with Crippen LogP contribution < -0.4 is 10.1 Å². The van der Waals surface area contributed by atoms with Gasteiger partial charge in [-0.1, -0.05) is 18.2 Å². The Labute approximate surface area is 141 Å². The lowest BCUT2D eigenvalue weighted by Gasteiger charge is -2.10. The largest absolute Gasteiger partial charge is 0.457 e. The number of rotatable bonds is 5. The van der Waals surface area contributed by atoms with Crippen LogP contribution in [0.5, 0.6) is 11.5 Å². The van der Waals surface area contributed by atoms with E-state index in [4.69, 9.17) is 4.74 Å². The van der Waals surface area contributed by atoms with Gasteiger partial charge in [0.05, 0.1) is 11.5 Å². The number of para-hydroxylation sites is 1. The van der Waals surface area contributed by atoms with E-state index in [1.807, 2.05) is 30.3 Å². The second-order valence-corrected chi connectivity index (χ2v) is 8.15. The van der Waals surface area contributed by atoms with Gasteiger partial charge in [0.15, 0.2) is 9.84 Å². The Balaban J connectivity index is 1.54. The number of amides is 1. The summed E-state index contributed by atoms with van der Waals surface area (Å²) >= 11 is 0. The van der Waals surface area contributed by atoms with Crippen LogP contribution in [0.1, 0.15) is 16.8 Å². The Bertz CT molecular complexity index is 801. The van der Waals surface area contributed by atoms with Gasteiger partial charge in [0.2, 0.25) is 0 Å². The van der Waals surface area contributed by atoms with Gasteiger partial charge in [-0.3, -0.25) is 4.79 Å². The highest BCUT2D eigenvalue weighted by molar-refractivity contribution is 7.91. The topological polar surface area (TPSA) is 72.5 Å². The summed E-state index contributed by atoms with van der Waals surface area (Å²) in [6, 6.07) is 16.3. The Morgan fingerprint density at radius 3 is 2.33 bits per heavy atom. The predicted octanol–water partition coefficient (Wildman–Crippen LogP) is 2.64. The first kappa shape index (κ1) is 16.5. The van der Waals surface area contributed by atoms with Crippen molar-refractivity contribution in [2.75, 3.05) is 18.1 Å². The quantitative estimate of drug-likeness (QED) is 0.904. The van der Waals surface area contributed by atoms with Crippen LogP contribution in [0.15, 0.2) is 54.6 Å². The van der Waals surface area contributed by atoms with Crippen LogP contribution >= 0.6 is 0 Å². The minimum Gasteiger partial charge on any atom is -0.457 e. The summed E-state index contributed by atoms with van der Waals surface area (Å²) in [6.45, 7) is 0.389. The number of ether oxygens (including phenoxy) is 1. The van der Waals surface area contributed by atoms with Gasteiger partial charge in [0.1, 0.15) is 11.5 Å². The van der Waals surface area contributed by atoms with E-state index in [-0.39, 0.29) is 23.3 Å². The zero-order valence-corrected chi connectivity index (χ0v) is 14.0. The molecule has 1 atom stereocenters. The maximum absolute atomic E-state index is 12.1. The smallest absolute Gasteiger partial charge is 0.251 e. The second kappa shape index (κ2) is 7.05. The Morgan fingerprint density at radius 1 is 1.04 bits per heavy atom. The van der Waals surface area contributed by atoms with Gasteiger partial charge in [0, 0.05) is 12.1 Å². The third-order valence-corrected chi connectivity index (χ3v) is 5.81. The molecule has 3 rings (SSSR count). The van der Waals surface area contributed by atoms with Gasteiger partial charge in [-0.05, 0) is 48.7 Å². The molecule has 2 aromatic rings. The molecule has 1 amide bonds. The summed E-state index contributed by atoms with van der Waals surface area (Å²) in [4.78, 5) is 12.1. The molecule has 24 heavy (non-hydrogen) atoms. The first-order valence-electron chi connectivity index (χ1n) is 7.83. The molecule has 0 aliphatic carbocycles. The van der Waals surface area contributed by atoms with E-state index in [2.05, 4.69) is 5.32 Å². The minimum atomic E-state index is -2.91. The average Bonchev–Trinajstić information content (AvgIpc) is 2.93. The van der Waals surface area contributed by atoms with Crippen LogP contribution in [0.4, 0.5) is 0 Å². The van der Waals surface area contributed by atoms with Crippen molar-refractivity contribution in [1.29, 1.82) is 0 Å². The fraction of sp³-hybridized carbons (Fsp3) is 0.278. The van der Waals surface area contributed by atoms with Crippen molar-refractivity contribution in [2.24, 2.45) is 5.92 Å². The lowest BCUT2D eigenvalue weighted by atomic mass is 10.1. The normalized spacial score (nSPS) is 18.9. The number of carbonyl (C=O) groups is 1. The first-order valence-corrected chi connectivity index (χ1v) is 9.65. The van der Waals surface area contributed by atoms with Crippen LogP contribution in [0.3, 0.4) is 0 Å². The van der Waals surface area contributed by atoms with Crippen LogP contribution in [-0.4, -0.2) is 32.4 Å². The highest BCUT2D eigenvalue weighted by Gasteiger charge is 2.27. The van der Waals surface area contributed by atoms with Crippen LogP contribution in [0, 0.1) is 5.92 Å². The summed E-state index contributed by atoms with van der Waals surface area (Å²) in [5, 5.41) is 2.80. The fourth-order valence-corrected chi connectivity index (χ4v) is 4.53. The lowest BCUT2D eigenvalue weighted by Crippen LogP contribution is -2.29. The summed E-state index contributed by atoms with van der Waals surface area (Å²) in [5.41, 5.74) is 0.524. The maximum atomic E-state index is 12.1. The third-order valence-electron chi connectivity index (χ3n) is 3.97. The Morgan fingerprint density at radius 2 is 1.71 bits per heavy atom. The van der Waals surface area contributed by atoms with Crippen molar-refractivity contribution in [3.8, 4) is 11.5 Å². The number of hydrogen-bond acceptors (Lipinski definition) is 4. The van der Waals surface area contributed by atoms with E-state index in [9.17, 15) is 13.2 Å². The molecule has 5 nitrogen and oxygen atoms in total. The molecule has 1 aliphatic heterocycles. The third kappa shape index (κ3) is 4.35. The average molecular weight is 345 g/mol. The SMILES string of the molecule is O=C(NCC1CCS(=O)(=O)C1)c1ccc(Oc2ccccc2)cc1. The van der Waals surface area contributed by atoms with Gasteiger partial charge in [0.25, 0.3) is 5.91 Å². The minimum absolute atomic E-state index is 0.0136. The molecule has 0 saturated carbocycles. The number of benzene rings is 2. The summed E-state index contributed by atoms with van der Waals surface area (Å²) in [6.07, 6.45) is 0.618. The first-order chi connectivity index (χ1) is 11.5. The van der Waals surface area contributed by atoms with Crippen LogP contribution in [0.2, 0.25) is 0 Å². The maximum Gasteiger partial charge on any atom is 0.251 e. The lowest BCUT2D eigenvalue weighted by molar-refractivity contribution is 0.0948. The summed E-state index contributed by atoms with van der Waals surface area (Å²) in [7, 11) is -2.91. The molecule has 1 fully saturated rings. The highest BCUT2D eigenvalue weighted by atomic mass is 32.2. The van der Waals surface area contributed by atoms with Gasteiger partial charge in [-0.2, -0.15) is 0 Å². The van der Waals surface area contributed by atoms with Crippen molar-refractivity contribution in [2.45, 2.75) is 6.42 Å². The van der Waals surface area contributed by atoms with Crippen molar-refractivity contribution in [3.63, 3.8) is 0 Å². The fourth-order valence-electron chi connectivity index (χ4n) is 2.67. The molecule has 6 heteroatoms. The van der Waals surface area contributed by atoms with Gasteiger partial charge in [-0.25, -0.2) is 8.42 Å². The van der Waals surface area contributed by atoms with Crippen molar-refractivity contribution >= 4 is 15.7 Å². The number of carbonyl (C=O) groups excluding carboxylic acids is 1. The van der Waals surface area contributed by atoms with E-state index in [0.29, 0.717) is 24.3 Å². The van der Waals surface area contributed by atoms with Gasteiger partial charge < -0.3 is 10.1 Å². The molecule has 1 unspecified atom stereocenters. The molecule has 0 spiro atoms. The molecular weight excluding hydrogens is 326 g/mol. The zero-order chi connectivity index (χ0) is 17.0. The summed E-state index contributed by atoms with van der Waals surface area (Å²) < 4.78 is 28.5. The number of hydrogen-bond donors (Lipinski definition) is 1. The van der Waals surface area contributed by atoms with Crippen molar-refractivity contribution in [1.82, 2.24) is 5.32 Å². The van der Waals surface area contributed by atoms with Crippen LogP contribution in [-0.2, 0) is 9.84 Å². The predicted molar refractivity (Wildman–Crippen MR) is 92.1 cm³/mol. The van der Waals surface area contributed by atoms with E-state index in [1.54, 1.807) is 24.3 Å². The van der Waals surface area contributed by atoms with E-state index in [0.717, 1.165) is 5.75 Å². The van der Waals surface area contributed by atoms with E-state index < -0.39 is 9.84 Å². The Kier molecular flexibility index (Phi) is 4.85. The standard InChI is InChI=1S/C18H19NO4S/c20-18(19-12-14-10-11-24(21,22)13-14)15-6-8-17(9-7-15)23-16-4-2-1-3-5-16/h1-9,14H,10-13H2,(H,19,20). The van der Waals surface area contributed by atoms with Gasteiger partial charge >= 0.3 is 0 Å². The summed E-state index contributed by atoms with van der Waals surface area (Å²) in [5.74, 6) is 1.58. The molecule has 0 aromatic heterocycles. The molecule has 2 aromatic carbocycles. The molecule has 126 valence electrons. The van der Waals surface area contributed by atoms with Gasteiger partial charge in [-0.15, -0.1) is 0 Å². The molecule has 1 N–H and O–H groups in total. The van der Waals surface area contributed by atoms with Crippen LogP contribution in [0.25, 0.3) is 0 Å². The van der Waals surface area contributed by atoms with Crippen molar-refractivity contribution < 1.29 is 17.9 Å². The monoisotopic (exact) mass is 345 g/mol. The molecule has 0 bridgehead atoms. The number of sulfone groups is 1. The molecule has 0 radical (unpaired) electrons.